The number of nitrogens with one attached hydrogen (secondary N) is 1. The highest BCUT2D eigenvalue weighted by molar-refractivity contribution is 5.85. The fourth-order valence-corrected chi connectivity index (χ4v) is 1.91. The molecule has 0 radical (unpaired) electrons. The number of hydrogen-bond donors (Lipinski definition) is 1. The molecule has 0 aliphatic heterocycles. The van der Waals surface area contributed by atoms with Crippen molar-refractivity contribution < 1.29 is 19.0 Å². The van der Waals surface area contributed by atoms with Crippen LogP contribution in [0, 0.1) is 6.92 Å². The maximum atomic E-state index is 11.7. The van der Waals surface area contributed by atoms with Crippen molar-refractivity contribution in [2.75, 3.05) is 20.8 Å². The first-order valence-electron chi connectivity index (χ1n) is 7.36. The smallest absolute Gasteiger partial charge is 0.277 e. The largest absolute Gasteiger partial charge is 0.497 e. The minimum atomic E-state index is -0.348. The molecule has 6 heteroatoms. The second-order valence-electron chi connectivity index (χ2n) is 5.00. The molecule has 0 fully saturated rings. The average molecular weight is 328 g/mol. The number of methoxy groups -OCH3 is 2. The summed E-state index contributed by atoms with van der Waals surface area (Å²) in [5, 5.41) is 3.91. The third-order valence-electron chi connectivity index (χ3n) is 3.22. The van der Waals surface area contributed by atoms with E-state index in [0.717, 1.165) is 11.1 Å². The van der Waals surface area contributed by atoms with E-state index in [1.54, 1.807) is 32.4 Å². The summed E-state index contributed by atoms with van der Waals surface area (Å²) >= 11 is 0. The van der Waals surface area contributed by atoms with Crippen LogP contribution in [0.1, 0.15) is 11.1 Å². The van der Waals surface area contributed by atoms with Gasteiger partial charge in [0.25, 0.3) is 5.91 Å². The lowest BCUT2D eigenvalue weighted by Gasteiger charge is -2.07. The van der Waals surface area contributed by atoms with Crippen molar-refractivity contribution in [2.24, 2.45) is 5.10 Å². The Morgan fingerprint density at radius 2 is 1.79 bits per heavy atom. The molecule has 0 aromatic heterocycles. The van der Waals surface area contributed by atoms with Crippen molar-refractivity contribution in [1.29, 1.82) is 0 Å². The minimum Gasteiger partial charge on any atom is -0.497 e. The molecule has 1 N–H and O–H groups in total. The number of benzene rings is 2. The Hall–Kier alpha value is -3.02. The number of amides is 1. The minimum absolute atomic E-state index is 0.111. The number of carbonyl (C=O) groups is 1. The summed E-state index contributed by atoms with van der Waals surface area (Å²) in [6.07, 6.45) is 1.50. The maximum Gasteiger partial charge on any atom is 0.277 e. The van der Waals surface area contributed by atoms with Crippen LogP contribution in [0.15, 0.2) is 47.6 Å². The number of nitrogens with zero attached hydrogens (tertiary/aromatic N) is 1. The number of carbonyl (C=O) groups excluding carboxylic acids is 1. The Kier molecular flexibility index (Phi) is 6.19. The molecule has 0 aliphatic carbocycles. The van der Waals surface area contributed by atoms with E-state index in [1.807, 2.05) is 31.2 Å². The highest BCUT2D eigenvalue weighted by atomic mass is 16.5. The molecule has 0 spiro atoms. The molecular formula is C18H20N2O4. The lowest BCUT2D eigenvalue weighted by atomic mass is 10.2. The molecule has 2 aromatic carbocycles. The van der Waals surface area contributed by atoms with Gasteiger partial charge in [0.2, 0.25) is 0 Å². The predicted molar refractivity (Wildman–Crippen MR) is 92.0 cm³/mol. The van der Waals surface area contributed by atoms with Crippen molar-refractivity contribution >= 4 is 12.1 Å². The van der Waals surface area contributed by atoms with Crippen LogP contribution in [0.25, 0.3) is 0 Å². The van der Waals surface area contributed by atoms with Gasteiger partial charge >= 0.3 is 0 Å². The van der Waals surface area contributed by atoms with Gasteiger partial charge in [-0.2, -0.15) is 5.10 Å². The summed E-state index contributed by atoms with van der Waals surface area (Å²) in [4.78, 5) is 11.7. The van der Waals surface area contributed by atoms with Crippen molar-refractivity contribution in [1.82, 2.24) is 5.43 Å². The fraction of sp³-hybridized carbons (Fsp3) is 0.222. The van der Waals surface area contributed by atoms with Gasteiger partial charge in [-0.3, -0.25) is 4.79 Å². The van der Waals surface area contributed by atoms with Gasteiger partial charge in [-0.1, -0.05) is 17.7 Å². The average Bonchev–Trinajstić information content (AvgIpc) is 2.61. The number of aryl methyl sites for hydroxylation is 1. The van der Waals surface area contributed by atoms with Crippen molar-refractivity contribution in [3.05, 3.63) is 53.6 Å². The van der Waals surface area contributed by atoms with E-state index in [-0.39, 0.29) is 12.5 Å². The second kappa shape index (κ2) is 8.57. The zero-order chi connectivity index (χ0) is 17.4. The van der Waals surface area contributed by atoms with Gasteiger partial charge in [-0.05, 0) is 31.2 Å². The molecule has 0 saturated heterocycles. The van der Waals surface area contributed by atoms with Gasteiger partial charge < -0.3 is 14.2 Å². The summed E-state index contributed by atoms with van der Waals surface area (Å²) in [5.41, 5.74) is 4.26. The monoisotopic (exact) mass is 328 g/mol. The van der Waals surface area contributed by atoms with Gasteiger partial charge in [0.1, 0.15) is 17.2 Å². The summed E-state index contributed by atoms with van der Waals surface area (Å²) in [7, 11) is 3.14. The molecule has 6 nitrogen and oxygen atoms in total. The number of hydrogen-bond acceptors (Lipinski definition) is 5. The summed E-state index contributed by atoms with van der Waals surface area (Å²) in [5.74, 6) is 1.57. The van der Waals surface area contributed by atoms with E-state index < -0.39 is 0 Å². The molecule has 1 amide bonds. The van der Waals surface area contributed by atoms with Crippen LogP contribution in [0.2, 0.25) is 0 Å². The molecular weight excluding hydrogens is 308 g/mol. The Balaban J connectivity index is 1.86. The van der Waals surface area contributed by atoms with E-state index in [4.69, 9.17) is 14.2 Å². The lowest BCUT2D eigenvalue weighted by Crippen LogP contribution is -2.24. The quantitative estimate of drug-likeness (QED) is 0.626. The molecule has 24 heavy (non-hydrogen) atoms. The molecule has 0 heterocycles. The molecule has 0 atom stereocenters. The van der Waals surface area contributed by atoms with Crippen LogP contribution in [-0.2, 0) is 4.79 Å². The third-order valence-corrected chi connectivity index (χ3v) is 3.22. The van der Waals surface area contributed by atoms with Gasteiger partial charge in [0.05, 0.1) is 20.4 Å². The second-order valence-corrected chi connectivity index (χ2v) is 5.00. The number of rotatable bonds is 7. The molecule has 0 bridgehead atoms. The highest BCUT2D eigenvalue weighted by Crippen LogP contribution is 2.22. The molecule has 0 saturated carbocycles. The first kappa shape index (κ1) is 17.3. The zero-order valence-corrected chi connectivity index (χ0v) is 13.9. The van der Waals surface area contributed by atoms with E-state index in [2.05, 4.69) is 10.5 Å². The number of hydrazone groups is 1. The van der Waals surface area contributed by atoms with Gasteiger partial charge in [-0.25, -0.2) is 5.43 Å². The highest BCUT2D eigenvalue weighted by Gasteiger charge is 2.04. The maximum absolute atomic E-state index is 11.7. The van der Waals surface area contributed by atoms with E-state index in [1.165, 1.54) is 6.21 Å². The first-order chi connectivity index (χ1) is 11.6. The van der Waals surface area contributed by atoms with Gasteiger partial charge in [0, 0.05) is 11.6 Å². The molecule has 126 valence electrons. The molecule has 0 aliphatic rings. The topological polar surface area (TPSA) is 69.2 Å². The SMILES string of the molecule is COc1ccc(/C=N/NC(=O)COc2ccc(C)cc2)c(OC)c1. The van der Waals surface area contributed by atoms with Crippen LogP contribution >= 0.6 is 0 Å². The van der Waals surface area contributed by atoms with Crippen LogP contribution in [0.5, 0.6) is 17.2 Å². The molecule has 2 aromatic rings. The normalized spacial score (nSPS) is 10.5. The Labute approximate surface area is 141 Å². The summed E-state index contributed by atoms with van der Waals surface area (Å²) in [6, 6.07) is 12.8. The van der Waals surface area contributed by atoms with Gasteiger partial charge in [-0.15, -0.1) is 0 Å². The van der Waals surface area contributed by atoms with Crippen molar-refractivity contribution in [3.8, 4) is 17.2 Å². The van der Waals surface area contributed by atoms with Gasteiger partial charge in [0.15, 0.2) is 6.61 Å². The zero-order valence-electron chi connectivity index (χ0n) is 13.9. The fourth-order valence-electron chi connectivity index (χ4n) is 1.91. The van der Waals surface area contributed by atoms with Crippen LogP contribution in [0.4, 0.5) is 0 Å². The lowest BCUT2D eigenvalue weighted by molar-refractivity contribution is -0.123. The first-order valence-corrected chi connectivity index (χ1v) is 7.36. The third kappa shape index (κ3) is 5.01. The van der Waals surface area contributed by atoms with E-state index >= 15 is 0 Å². The van der Waals surface area contributed by atoms with E-state index in [0.29, 0.717) is 17.2 Å². The Bertz CT molecular complexity index is 711. The summed E-state index contributed by atoms with van der Waals surface area (Å²) < 4.78 is 15.8. The van der Waals surface area contributed by atoms with Crippen LogP contribution in [-0.4, -0.2) is 32.9 Å². The van der Waals surface area contributed by atoms with Crippen LogP contribution < -0.4 is 19.6 Å². The number of ether oxygens (including phenoxy) is 3. The van der Waals surface area contributed by atoms with Crippen molar-refractivity contribution in [2.45, 2.75) is 6.92 Å². The Morgan fingerprint density at radius 1 is 1.08 bits per heavy atom. The Morgan fingerprint density at radius 3 is 2.46 bits per heavy atom. The van der Waals surface area contributed by atoms with E-state index in [9.17, 15) is 4.79 Å². The molecule has 2 rings (SSSR count). The molecule has 0 unspecified atom stereocenters. The van der Waals surface area contributed by atoms with Crippen molar-refractivity contribution in [3.63, 3.8) is 0 Å². The predicted octanol–water partition coefficient (Wildman–Crippen LogP) is 2.54. The van der Waals surface area contributed by atoms with Crippen LogP contribution in [0.3, 0.4) is 0 Å². The standard InChI is InChI=1S/C18H20N2O4/c1-13-4-7-15(8-5-13)24-12-18(21)20-19-11-14-6-9-16(22-2)10-17(14)23-3/h4-11H,12H2,1-3H3,(H,20,21)/b19-11+. The summed E-state index contributed by atoms with van der Waals surface area (Å²) in [6.45, 7) is 1.87.